The molecule has 1 aromatic carbocycles. The van der Waals surface area contributed by atoms with Gasteiger partial charge in [0.1, 0.15) is 5.75 Å². The van der Waals surface area contributed by atoms with Crippen LogP contribution in [0, 0.1) is 0 Å². The molecular formula is C15H25NO2S. The van der Waals surface area contributed by atoms with E-state index < -0.39 is 0 Å². The monoisotopic (exact) mass is 283 g/mol. The number of aliphatic hydroxyl groups is 1. The predicted molar refractivity (Wildman–Crippen MR) is 83.0 cm³/mol. The summed E-state index contributed by atoms with van der Waals surface area (Å²) in [5.41, 5.74) is 1.20. The van der Waals surface area contributed by atoms with Crippen molar-refractivity contribution in [2.45, 2.75) is 31.6 Å². The Hall–Kier alpha value is -0.710. The summed E-state index contributed by atoms with van der Waals surface area (Å²) in [7, 11) is 1.98. The van der Waals surface area contributed by atoms with Gasteiger partial charge in [-0.25, -0.2) is 0 Å². The van der Waals surface area contributed by atoms with Crippen LogP contribution < -0.4 is 10.1 Å². The average molecular weight is 283 g/mol. The van der Waals surface area contributed by atoms with E-state index in [1.807, 2.05) is 43.9 Å². The maximum Gasteiger partial charge on any atom is 0.124 e. The molecule has 0 aliphatic heterocycles. The molecule has 0 radical (unpaired) electrons. The number of benzene rings is 1. The highest BCUT2D eigenvalue weighted by Crippen LogP contribution is 2.29. The largest absolute Gasteiger partial charge is 0.494 e. The van der Waals surface area contributed by atoms with Gasteiger partial charge in [-0.1, -0.05) is 25.1 Å². The molecule has 108 valence electrons. The number of rotatable bonds is 9. The van der Waals surface area contributed by atoms with Gasteiger partial charge >= 0.3 is 0 Å². The van der Waals surface area contributed by atoms with Gasteiger partial charge in [0.25, 0.3) is 0 Å². The Morgan fingerprint density at radius 1 is 1.37 bits per heavy atom. The number of aliphatic hydroxyl groups excluding tert-OH is 1. The zero-order valence-corrected chi connectivity index (χ0v) is 12.9. The van der Waals surface area contributed by atoms with Gasteiger partial charge in [0, 0.05) is 29.2 Å². The van der Waals surface area contributed by atoms with Crippen molar-refractivity contribution in [2.75, 3.05) is 26.0 Å². The number of hydrogen-bond acceptors (Lipinski definition) is 4. The lowest BCUT2D eigenvalue weighted by Crippen LogP contribution is -2.21. The SMILES string of the molecule is CCOc1ccccc1C(CSC(C)CCO)NC. The lowest BCUT2D eigenvalue weighted by molar-refractivity contribution is 0.289. The Morgan fingerprint density at radius 2 is 2.11 bits per heavy atom. The fourth-order valence-electron chi connectivity index (χ4n) is 1.91. The zero-order chi connectivity index (χ0) is 14.1. The molecule has 0 aliphatic carbocycles. The molecule has 0 saturated carbocycles. The summed E-state index contributed by atoms with van der Waals surface area (Å²) in [5, 5.41) is 12.8. The second kappa shape index (κ2) is 9.23. The fraction of sp³-hybridized carbons (Fsp3) is 0.600. The van der Waals surface area contributed by atoms with Crippen molar-refractivity contribution < 1.29 is 9.84 Å². The summed E-state index contributed by atoms with van der Waals surface area (Å²) < 4.78 is 5.68. The third-order valence-electron chi connectivity index (χ3n) is 3.03. The van der Waals surface area contributed by atoms with Crippen LogP contribution in [0.1, 0.15) is 31.9 Å². The van der Waals surface area contributed by atoms with Gasteiger partial charge in [-0.05, 0) is 26.5 Å². The molecule has 0 aliphatic rings. The molecule has 2 unspecified atom stereocenters. The fourth-order valence-corrected chi connectivity index (χ4v) is 3.05. The highest BCUT2D eigenvalue weighted by Gasteiger charge is 2.15. The highest BCUT2D eigenvalue weighted by atomic mass is 32.2. The second-order valence-corrected chi connectivity index (χ2v) is 5.94. The topological polar surface area (TPSA) is 41.5 Å². The Kier molecular flexibility index (Phi) is 7.94. The molecule has 0 bridgehead atoms. The van der Waals surface area contributed by atoms with Crippen molar-refractivity contribution in [2.24, 2.45) is 0 Å². The van der Waals surface area contributed by atoms with Crippen LogP contribution >= 0.6 is 11.8 Å². The minimum atomic E-state index is 0.258. The van der Waals surface area contributed by atoms with Crippen molar-refractivity contribution in [3.05, 3.63) is 29.8 Å². The lowest BCUT2D eigenvalue weighted by Gasteiger charge is -2.21. The summed E-state index contributed by atoms with van der Waals surface area (Å²) in [5.74, 6) is 1.93. The maximum atomic E-state index is 8.94. The van der Waals surface area contributed by atoms with E-state index >= 15 is 0 Å². The van der Waals surface area contributed by atoms with Crippen LogP contribution in [0.25, 0.3) is 0 Å². The van der Waals surface area contributed by atoms with Crippen LogP contribution in [0.4, 0.5) is 0 Å². The van der Waals surface area contributed by atoms with E-state index in [-0.39, 0.29) is 12.6 Å². The first-order chi connectivity index (χ1) is 9.22. The van der Waals surface area contributed by atoms with E-state index in [4.69, 9.17) is 9.84 Å². The molecule has 0 spiro atoms. The first-order valence-electron chi connectivity index (χ1n) is 6.84. The minimum Gasteiger partial charge on any atom is -0.494 e. The quantitative estimate of drug-likeness (QED) is 0.731. The van der Waals surface area contributed by atoms with E-state index in [0.29, 0.717) is 11.9 Å². The number of ether oxygens (including phenoxy) is 1. The number of para-hydroxylation sites is 1. The van der Waals surface area contributed by atoms with Crippen molar-refractivity contribution in [1.29, 1.82) is 0 Å². The van der Waals surface area contributed by atoms with Crippen LogP contribution in [0.3, 0.4) is 0 Å². The molecule has 0 aromatic heterocycles. The van der Waals surface area contributed by atoms with E-state index in [0.717, 1.165) is 17.9 Å². The highest BCUT2D eigenvalue weighted by molar-refractivity contribution is 7.99. The van der Waals surface area contributed by atoms with Gasteiger partial charge in [0.05, 0.1) is 6.61 Å². The van der Waals surface area contributed by atoms with Crippen molar-refractivity contribution in [3.63, 3.8) is 0 Å². The van der Waals surface area contributed by atoms with E-state index in [1.165, 1.54) is 5.56 Å². The molecule has 2 atom stereocenters. The number of nitrogens with one attached hydrogen (secondary N) is 1. The third-order valence-corrected chi connectivity index (χ3v) is 4.36. The number of hydrogen-bond donors (Lipinski definition) is 2. The molecule has 2 N–H and O–H groups in total. The van der Waals surface area contributed by atoms with E-state index in [1.54, 1.807) is 0 Å². The Labute approximate surface area is 120 Å². The average Bonchev–Trinajstić information content (AvgIpc) is 2.42. The molecule has 0 heterocycles. The molecule has 0 fully saturated rings. The first kappa shape index (κ1) is 16.3. The standard InChI is InChI=1S/C15H25NO2S/c1-4-18-15-8-6-5-7-13(15)14(16-3)11-19-12(2)9-10-17/h5-8,12,14,16-17H,4,9-11H2,1-3H3. The van der Waals surface area contributed by atoms with Gasteiger partial charge < -0.3 is 15.2 Å². The summed E-state index contributed by atoms with van der Waals surface area (Å²) >= 11 is 1.88. The van der Waals surface area contributed by atoms with Crippen molar-refractivity contribution >= 4 is 11.8 Å². The zero-order valence-electron chi connectivity index (χ0n) is 12.1. The van der Waals surface area contributed by atoms with E-state index in [2.05, 4.69) is 18.3 Å². The van der Waals surface area contributed by atoms with Gasteiger partial charge in [0.2, 0.25) is 0 Å². The predicted octanol–water partition coefficient (Wildman–Crippen LogP) is 2.85. The summed E-state index contributed by atoms with van der Waals surface area (Å²) in [6, 6.07) is 8.45. The molecule has 4 heteroatoms. The van der Waals surface area contributed by atoms with Crippen molar-refractivity contribution in [1.82, 2.24) is 5.32 Å². The van der Waals surface area contributed by atoms with Gasteiger partial charge in [-0.2, -0.15) is 11.8 Å². The molecule has 0 amide bonds. The number of thioether (sulfide) groups is 1. The van der Waals surface area contributed by atoms with E-state index in [9.17, 15) is 0 Å². The molecule has 3 nitrogen and oxygen atoms in total. The minimum absolute atomic E-state index is 0.258. The molecule has 19 heavy (non-hydrogen) atoms. The Morgan fingerprint density at radius 3 is 2.74 bits per heavy atom. The Bertz CT molecular complexity index is 360. The van der Waals surface area contributed by atoms with Crippen LogP contribution in [-0.2, 0) is 0 Å². The first-order valence-corrected chi connectivity index (χ1v) is 7.89. The van der Waals surface area contributed by atoms with Crippen LogP contribution in [0.2, 0.25) is 0 Å². The molecule has 1 aromatic rings. The van der Waals surface area contributed by atoms with Gasteiger partial charge in [-0.15, -0.1) is 0 Å². The van der Waals surface area contributed by atoms with Crippen molar-refractivity contribution in [3.8, 4) is 5.75 Å². The van der Waals surface area contributed by atoms with Crippen LogP contribution in [0.5, 0.6) is 5.75 Å². The summed E-state index contributed by atoms with van der Waals surface area (Å²) in [6.07, 6.45) is 0.841. The normalized spacial score (nSPS) is 14.1. The summed E-state index contributed by atoms with van der Waals surface area (Å²) in [4.78, 5) is 0. The molecular weight excluding hydrogens is 258 g/mol. The maximum absolute atomic E-state index is 8.94. The second-order valence-electron chi connectivity index (χ2n) is 4.47. The van der Waals surface area contributed by atoms with Gasteiger partial charge in [0.15, 0.2) is 0 Å². The lowest BCUT2D eigenvalue weighted by atomic mass is 10.1. The molecule has 1 rings (SSSR count). The van der Waals surface area contributed by atoms with Gasteiger partial charge in [-0.3, -0.25) is 0 Å². The molecule has 0 saturated heterocycles. The van der Waals surface area contributed by atoms with Crippen LogP contribution in [0.15, 0.2) is 24.3 Å². The third kappa shape index (κ3) is 5.43. The Balaban J connectivity index is 2.68. The van der Waals surface area contributed by atoms with Crippen LogP contribution in [-0.4, -0.2) is 36.4 Å². The smallest absolute Gasteiger partial charge is 0.124 e. The summed E-state index contributed by atoms with van der Waals surface area (Å²) in [6.45, 7) is 5.10.